The topological polar surface area (TPSA) is 0 Å². The first-order valence-corrected chi connectivity index (χ1v) is 3.33. The lowest BCUT2D eigenvalue weighted by atomic mass is 9.88. The Hall–Kier alpha value is 0.0900. The minimum atomic E-state index is 0.307. The molecule has 8 heavy (non-hydrogen) atoms. The fraction of sp³-hybridized carbons (Fsp3) is 0.714. The summed E-state index contributed by atoms with van der Waals surface area (Å²) >= 11 is 4.72. The monoisotopic (exact) mass is 129 g/mol. The predicted octanol–water partition coefficient (Wildman–Crippen LogP) is 2.63. The summed E-state index contributed by atoms with van der Waals surface area (Å²) in [5.74, 6) is 0. The Kier molecular flexibility index (Phi) is 3.22. The van der Waals surface area contributed by atoms with E-state index in [1.54, 1.807) is 5.37 Å². The smallest absolute Gasteiger partial charge is 0.0191 e. The van der Waals surface area contributed by atoms with E-state index in [1.165, 1.54) is 0 Å². The van der Waals surface area contributed by atoms with Gasteiger partial charge in [-0.15, -0.1) is 0 Å². The van der Waals surface area contributed by atoms with Crippen molar-refractivity contribution < 1.29 is 0 Å². The van der Waals surface area contributed by atoms with Gasteiger partial charge in [0.25, 0.3) is 0 Å². The number of hydrogen-bond acceptors (Lipinski definition) is 1. The van der Waals surface area contributed by atoms with Crippen LogP contribution in [-0.4, -0.2) is 5.37 Å². The second-order valence-corrected chi connectivity index (χ2v) is 2.98. The molecule has 0 atom stereocenters. The Bertz CT molecular complexity index is 74.5. The summed E-state index contributed by atoms with van der Waals surface area (Å²) in [6.07, 6.45) is 3.18. The number of hydrogen-bond donors (Lipinski definition) is 0. The minimum Gasteiger partial charge on any atom is -0.0935 e. The highest BCUT2D eigenvalue weighted by molar-refractivity contribution is 7.78. The first-order chi connectivity index (χ1) is 3.62. The summed E-state index contributed by atoms with van der Waals surface area (Å²) < 4.78 is 0. The van der Waals surface area contributed by atoms with E-state index in [4.69, 9.17) is 12.2 Å². The molecule has 0 heterocycles. The fourth-order valence-electron chi connectivity index (χ4n) is 0.333. The zero-order valence-corrected chi connectivity index (χ0v) is 6.59. The van der Waals surface area contributed by atoms with Crippen molar-refractivity contribution in [2.24, 2.45) is 5.41 Å². The molecule has 0 aromatic rings. The van der Waals surface area contributed by atoms with Crippen LogP contribution < -0.4 is 0 Å². The summed E-state index contributed by atoms with van der Waals surface area (Å²) in [6, 6.07) is 0. The van der Waals surface area contributed by atoms with Crippen LogP contribution in [0.3, 0.4) is 0 Å². The van der Waals surface area contributed by atoms with E-state index in [0.717, 1.165) is 6.42 Å². The predicted molar refractivity (Wildman–Crippen MR) is 42.0 cm³/mol. The Labute approximate surface area is 57.3 Å². The molecule has 0 aliphatic carbocycles. The number of thiocarbonyl (C=S) groups is 1. The van der Waals surface area contributed by atoms with Crippen molar-refractivity contribution in [3.8, 4) is 0 Å². The molecule has 0 rings (SSSR count). The molecular weight excluding hydrogens is 116 g/mol. The van der Waals surface area contributed by atoms with Gasteiger partial charge in [-0.1, -0.05) is 33.0 Å². The van der Waals surface area contributed by atoms with Crippen LogP contribution in [-0.2, 0) is 0 Å². The lowest BCUT2D eigenvalue weighted by Gasteiger charge is -2.18. The Morgan fingerprint density at radius 3 is 2.12 bits per heavy atom. The highest BCUT2D eigenvalue weighted by atomic mass is 32.1. The third kappa shape index (κ3) is 3.14. The van der Waals surface area contributed by atoms with Crippen LogP contribution in [0.5, 0.6) is 0 Å². The van der Waals surface area contributed by atoms with Crippen molar-refractivity contribution in [3.63, 3.8) is 0 Å². The summed E-state index contributed by atoms with van der Waals surface area (Å²) in [6.45, 7) is 6.42. The second kappa shape index (κ2) is 3.18. The summed E-state index contributed by atoms with van der Waals surface area (Å²) in [5.41, 5.74) is 0.307. The molecule has 0 unspecified atom stereocenters. The van der Waals surface area contributed by atoms with E-state index in [9.17, 15) is 0 Å². The SMILES string of the molecule is C[CH]C(C)(C)CC=S. The van der Waals surface area contributed by atoms with Crippen molar-refractivity contribution >= 4 is 17.6 Å². The molecule has 0 nitrogen and oxygen atoms in total. The molecule has 0 aromatic heterocycles. The normalized spacial score (nSPS) is 11.4. The highest BCUT2D eigenvalue weighted by Gasteiger charge is 2.11. The number of rotatable bonds is 3. The van der Waals surface area contributed by atoms with Gasteiger partial charge in [0.05, 0.1) is 0 Å². The van der Waals surface area contributed by atoms with E-state index in [1.807, 2.05) is 0 Å². The Balaban J connectivity index is 3.53. The van der Waals surface area contributed by atoms with Gasteiger partial charge in [-0.05, 0) is 23.6 Å². The van der Waals surface area contributed by atoms with Gasteiger partial charge >= 0.3 is 0 Å². The third-order valence-corrected chi connectivity index (χ3v) is 1.56. The van der Waals surface area contributed by atoms with E-state index in [-0.39, 0.29) is 0 Å². The van der Waals surface area contributed by atoms with Crippen LogP contribution in [0.15, 0.2) is 0 Å². The van der Waals surface area contributed by atoms with Crippen LogP contribution in [0.2, 0.25) is 0 Å². The van der Waals surface area contributed by atoms with E-state index < -0.39 is 0 Å². The van der Waals surface area contributed by atoms with Gasteiger partial charge in [0.1, 0.15) is 0 Å². The van der Waals surface area contributed by atoms with Crippen LogP contribution in [0.4, 0.5) is 0 Å². The van der Waals surface area contributed by atoms with Gasteiger partial charge < -0.3 is 0 Å². The van der Waals surface area contributed by atoms with Crippen LogP contribution in [0.1, 0.15) is 27.2 Å². The molecule has 47 valence electrons. The lowest BCUT2D eigenvalue weighted by molar-refractivity contribution is 0.465. The van der Waals surface area contributed by atoms with Gasteiger partial charge in [0.2, 0.25) is 0 Å². The van der Waals surface area contributed by atoms with Crippen molar-refractivity contribution in [1.82, 2.24) is 0 Å². The van der Waals surface area contributed by atoms with Crippen LogP contribution in [0, 0.1) is 11.8 Å². The molecule has 0 aliphatic heterocycles. The van der Waals surface area contributed by atoms with Gasteiger partial charge in [0, 0.05) is 0 Å². The maximum atomic E-state index is 4.72. The average molecular weight is 129 g/mol. The van der Waals surface area contributed by atoms with Gasteiger partial charge in [0.15, 0.2) is 0 Å². The first-order valence-electron chi connectivity index (χ1n) is 2.86. The van der Waals surface area contributed by atoms with Gasteiger partial charge in [-0.2, -0.15) is 0 Å². The lowest BCUT2D eigenvalue weighted by Crippen LogP contribution is -2.09. The molecule has 0 amide bonds. The highest BCUT2D eigenvalue weighted by Crippen LogP contribution is 2.21. The largest absolute Gasteiger partial charge is 0.0935 e. The molecule has 0 spiro atoms. The second-order valence-electron chi connectivity index (χ2n) is 2.65. The average Bonchev–Trinajstić information content (AvgIpc) is 1.67. The van der Waals surface area contributed by atoms with Crippen molar-refractivity contribution in [3.05, 3.63) is 6.42 Å². The Morgan fingerprint density at radius 1 is 1.50 bits per heavy atom. The quantitative estimate of drug-likeness (QED) is 0.528. The van der Waals surface area contributed by atoms with Crippen LogP contribution in [0.25, 0.3) is 0 Å². The molecule has 0 fully saturated rings. The molecule has 0 aromatic carbocycles. The van der Waals surface area contributed by atoms with Crippen molar-refractivity contribution in [1.29, 1.82) is 0 Å². The molecule has 0 saturated heterocycles. The summed E-state index contributed by atoms with van der Waals surface area (Å²) in [7, 11) is 0. The van der Waals surface area contributed by atoms with Crippen LogP contribution >= 0.6 is 12.2 Å². The minimum absolute atomic E-state index is 0.307. The van der Waals surface area contributed by atoms with Gasteiger partial charge in [-0.25, -0.2) is 0 Å². The summed E-state index contributed by atoms with van der Waals surface area (Å²) in [5, 5.41) is 1.79. The third-order valence-electron chi connectivity index (χ3n) is 1.39. The standard InChI is InChI=1S/C7H13S/c1-4-7(2,3)5-6-8/h4,6H,5H2,1-3H3. The molecule has 0 aliphatic rings. The van der Waals surface area contributed by atoms with Gasteiger partial charge in [-0.3, -0.25) is 0 Å². The molecular formula is C7H13S. The Morgan fingerprint density at radius 2 is 2.00 bits per heavy atom. The fourth-order valence-corrected chi connectivity index (χ4v) is 0.762. The van der Waals surface area contributed by atoms with Crippen molar-refractivity contribution in [2.45, 2.75) is 27.2 Å². The van der Waals surface area contributed by atoms with E-state index in [2.05, 4.69) is 27.2 Å². The molecule has 0 bridgehead atoms. The molecule has 0 N–H and O–H groups in total. The zero-order valence-electron chi connectivity index (χ0n) is 5.77. The van der Waals surface area contributed by atoms with E-state index >= 15 is 0 Å². The first kappa shape index (κ1) is 8.09. The summed E-state index contributed by atoms with van der Waals surface area (Å²) in [4.78, 5) is 0. The maximum Gasteiger partial charge on any atom is -0.0191 e. The molecule has 1 radical (unpaired) electrons. The molecule has 0 saturated carbocycles. The zero-order chi connectivity index (χ0) is 6.62. The molecule has 1 heteroatoms. The maximum absolute atomic E-state index is 4.72. The van der Waals surface area contributed by atoms with Crippen molar-refractivity contribution in [2.75, 3.05) is 0 Å². The van der Waals surface area contributed by atoms with E-state index in [0.29, 0.717) is 5.41 Å².